The Labute approximate surface area is 137 Å². The van der Waals surface area contributed by atoms with E-state index in [9.17, 15) is 9.59 Å². The van der Waals surface area contributed by atoms with Crippen LogP contribution in [0.25, 0.3) is 0 Å². The van der Waals surface area contributed by atoms with Gasteiger partial charge < -0.3 is 19.9 Å². The summed E-state index contributed by atoms with van der Waals surface area (Å²) in [6, 6.07) is 1.90. The number of nitrogens with one attached hydrogen (secondary N) is 2. The van der Waals surface area contributed by atoms with Gasteiger partial charge in [0.2, 0.25) is 0 Å². The number of hydrogen-bond donors (Lipinski definition) is 2. The van der Waals surface area contributed by atoms with Gasteiger partial charge in [-0.1, -0.05) is 0 Å². The Hall–Kier alpha value is -1.98. The molecule has 0 saturated carbocycles. The Bertz CT molecular complexity index is 586. The number of hydrogen-bond acceptors (Lipinski definition) is 3. The zero-order valence-corrected chi connectivity index (χ0v) is 14.7. The largest absolute Gasteiger partial charge is 0.444 e. The lowest BCUT2D eigenvalue weighted by Gasteiger charge is -2.33. The molecule has 6 nitrogen and oxygen atoms in total. The minimum atomic E-state index is -0.521. The number of nitrogens with zero attached hydrogens (tertiary/aromatic N) is 1. The molecule has 2 heterocycles. The molecule has 0 aliphatic carbocycles. The summed E-state index contributed by atoms with van der Waals surface area (Å²) in [5, 5.41) is 2.87. The molecule has 0 bridgehead atoms. The van der Waals surface area contributed by atoms with E-state index in [1.54, 1.807) is 4.90 Å². The van der Waals surface area contributed by atoms with E-state index >= 15 is 0 Å². The maximum atomic E-state index is 12.6. The summed E-state index contributed by atoms with van der Waals surface area (Å²) in [5.41, 5.74) is 2.05. The SMILES string of the molecule is Cc1cc(C)c(C(=O)N2CCC[C@@H](NC(=O)OC(C)(C)C)C2)[nH]1. The molecule has 1 aromatic heterocycles. The maximum absolute atomic E-state index is 12.6. The van der Waals surface area contributed by atoms with Crippen LogP contribution in [-0.4, -0.2) is 46.6 Å². The van der Waals surface area contributed by atoms with Crippen LogP contribution in [-0.2, 0) is 4.74 Å². The summed E-state index contributed by atoms with van der Waals surface area (Å²) >= 11 is 0. The number of carbonyl (C=O) groups excluding carboxylic acids is 2. The van der Waals surface area contributed by atoms with E-state index in [0.717, 1.165) is 24.1 Å². The minimum absolute atomic E-state index is 0.00807. The number of aryl methyl sites for hydroxylation is 2. The van der Waals surface area contributed by atoms with E-state index in [2.05, 4.69) is 10.3 Å². The van der Waals surface area contributed by atoms with Gasteiger partial charge in [0.15, 0.2) is 0 Å². The van der Waals surface area contributed by atoms with Crippen molar-refractivity contribution < 1.29 is 14.3 Å². The molecule has 2 amide bonds. The average molecular weight is 321 g/mol. The number of aromatic nitrogens is 1. The molecular formula is C17H27N3O3. The molecule has 1 aromatic rings. The van der Waals surface area contributed by atoms with Gasteiger partial charge in [0.1, 0.15) is 11.3 Å². The van der Waals surface area contributed by atoms with Crippen LogP contribution in [0.15, 0.2) is 6.07 Å². The van der Waals surface area contributed by atoms with Gasteiger partial charge in [-0.3, -0.25) is 4.79 Å². The normalized spacial score (nSPS) is 18.7. The number of H-pyrrole nitrogens is 1. The van der Waals surface area contributed by atoms with Crippen molar-refractivity contribution in [3.63, 3.8) is 0 Å². The van der Waals surface area contributed by atoms with Crippen molar-refractivity contribution >= 4 is 12.0 Å². The lowest BCUT2D eigenvalue weighted by Crippen LogP contribution is -2.50. The Morgan fingerprint density at radius 3 is 2.61 bits per heavy atom. The molecule has 23 heavy (non-hydrogen) atoms. The van der Waals surface area contributed by atoms with Gasteiger partial charge in [0.05, 0.1) is 0 Å². The Kier molecular flexibility index (Phi) is 5.02. The van der Waals surface area contributed by atoms with Crippen molar-refractivity contribution in [3.8, 4) is 0 Å². The second kappa shape index (κ2) is 6.64. The first-order valence-corrected chi connectivity index (χ1v) is 8.11. The highest BCUT2D eigenvalue weighted by Gasteiger charge is 2.28. The van der Waals surface area contributed by atoms with Crippen LogP contribution in [0.2, 0.25) is 0 Å². The summed E-state index contributed by atoms with van der Waals surface area (Å²) in [7, 11) is 0. The van der Waals surface area contributed by atoms with E-state index < -0.39 is 11.7 Å². The van der Waals surface area contributed by atoms with Gasteiger partial charge in [-0.15, -0.1) is 0 Å². The van der Waals surface area contributed by atoms with Crippen LogP contribution in [0.3, 0.4) is 0 Å². The van der Waals surface area contributed by atoms with E-state index in [4.69, 9.17) is 4.74 Å². The number of likely N-dealkylation sites (tertiary alicyclic amines) is 1. The fourth-order valence-electron chi connectivity index (χ4n) is 2.86. The number of alkyl carbamates (subject to hydrolysis) is 1. The van der Waals surface area contributed by atoms with E-state index in [1.807, 2.05) is 40.7 Å². The monoisotopic (exact) mass is 321 g/mol. The molecular weight excluding hydrogens is 294 g/mol. The molecule has 1 saturated heterocycles. The Morgan fingerprint density at radius 2 is 2.04 bits per heavy atom. The van der Waals surface area contributed by atoms with Crippen LogP contribution in [0, 0.1) is 13.8 Å². The molecule has 1 atom stereocenters. The Morgan fingerprint density at radius 1 is 1.35 bits per heavy atom. The molecule has 0 spiro atoms. The first-order valence-electron chi connectivity index (χ1n) is 8.11. The quantitative estimate of drug-likeness (QED) is 0.879. The summed E-state index contributed by atoms with van der Waals surface area (Å²) in [5.74, 6) is -0.00807. The van der Waals surface area contributed by atoms with Crippen molar-refractivity contribution in [2.24, 2.45) is 0 Å². The van der Waals surface area contributed by atoms with Crippen molar-refractivity contribution in [1.82, 2.24) is 15.2 Å². The average Bonchev–Trinajstić information content (AvgIpc) is 2.75. The maximum Gasteiger partial charge on any atom is 0.407 e. The summed E-state index contributed by atoms with van der Waals surface area (Å²) in [6.07, 6.45) is 1.29. The highest BCUT2D eigenvalue weighted by molar-refractivity contribution is 5.94. The van der Waals surface area contributed by atoms with Crippen LogP contribution in [0.4, 0.5) is 4.79 Å². The second-order valence-electron chi connectivity index (χ2n) is 7.25. The van der Waals surface area contributed by atoms with Crippen LogP contribution in [0.1, 0.15) is 55.4 Å². The molecule has 2 rings (SSSR count). The zero-order valence-electron chi connectivity index (χ0n) is 14.7. The number of piperidine rings is 1. The molecule has 2 N–H and O–H groups in total. The topological polar surface area (TPSA) is 74.4 Å². The van der Waals surface area contributed by atoms with Gasteiger partial charge in [0.25, 0.3) is 5.91 Å². The molecule has 0 radical (unpaired) electrons. The van der Waals surface area contributed by atoms with Crippen molar-refractivity contribution in [2.45, 2.75) is 59.1 Å². The number of rotatable bonds is 2. The second-order valence-corrected chi connectivity index (χ2v) is 7.25. The first kappa shape index (κ1) is 17.4. The molecule has 0 unspecified atom stereocenters. The van der Waals surface area contributed by atoms with E-state index in [0.29, 0.717) is 18.8 Å². The van der Waals surface area contributed by atoms with Crippen LogP contribution in [0.5, 0.6) is 0 Å². The van der Waals surface area contributed by atoms with Gasteiger partial charge in [0, 0.05) is 24.8 Å². The highest BCUT2D eigenvalue weighted by atomic mass is 16.6. The van der Waals surface area contributed by atoms with Crippen LogP contribution >= 0.6 is 0 Å². The van der Waals surface area contributed by atoms with E-state index in [1.165, 1.54) is 0 Å². The zero-order chi connectivity index (χ0) is 17.2. The first-order chi connectivity index (χ1) is 10.7. The predicted octanol–water partition coefficient (Wildman–Crippen LogP) is 2.76. The minimum Gasteiger partial charge on any atom is -0.444 e. The smallest absolute Gasteiger partial charge is 0.407 e. The number of aromatic amines is 1. The van der Waals surface area contributed by atoms with Gasteiger partial charge in [-0.2, -0.15) is 0 Å². The van der Waals surface area contributed by atoms with Gasteiger partial charge >= 0.3 is 6.09 Å². The van der Waals surface area contributed by atoms with Gasteiger partial charge in [-0.25, -0.2) is 4.79 Å². The molecule has 0 aromatic carbocycles. The van der Waals surface area contributed by atoms with Crippen molar-refractivity contribution in [1.29, 1.82) is 0 Å². The lowest BCUT2D eigenvalue weighted by molar-refractivity contribution is 0.0451. The highest BCUT2D eigenvalue weighted by Crippen LogP contribution is 2.17. The molecule has 128 valence electrons. The third kappa shape index (κ3) is 4.74. The third-order valence-electron chi connectivity index (χ3n) is 3.79. The molecule has 6 heteroatoms. The number of carbonyl (C=O) groups is 2. The third-order valence-corrected chi connectivity index (χ3v) is 3.79. The lowest BCUT2D eigenvalue weighted by atomic mass is 10.1. The summed E-state index contributed by atoms with van der Waals surface area (Å²) in [4.78, 5) is 29.5. The summed E-state index contributed by atoms with van der Waals surface area (Å²) < 4.78 is 5.28. The molecule has 1 aliphatic heterocycles. The predicted molar refractivity (Wildman–Crippen MR) is 88.6 cm³/mol. The standard InChI is InChI=1S/C17H27N3O3/c1-11-9-12(2)18-14(11)15(21)20-8-6-7-13(10-20)19-16(22)23-17(3,4)5/h9,13,18H,6-8,10H2,1-5H3,(H,19,22)/t13-/m1/s1. The Balaban J connectivity index is 1.97. The number of ether oxygens (including phenoxy) is 1. The van der Waals surface area contributed by atoms with E-state index in [-0.39, 0.29) is 11.9 Å². The fourth-order valence-corrected chi connectivity index (χ4v) is 2.86. The molecule has 1 fully saturated rings. The van der Waals surface area contributed by atoms with Crippen LogP contribution < -0.4 is 5.32 Å². The van der Waals surface area contributed by atoms with Crippen molar-refractivity contribution in [2.75, 3.05) is 13.1 Å². The number of amides is 2. The molecule has 1 aliphatic rings. The summed E-state index contributed by atoms with van der Waals surface area (Å²) in [6.45, 7) is 10.6. The fraction of sp³-hybridized carbons (Fsp3) is 0.647. The van der Waals surface area contributed by atoms with Gasteiger partial charge in [-0.05, 0) is 59.1 Å². The van der Waals surface area contributed by atoms with Crippen molar-refractivity contribution in [3.05, 3.63) is 23.0 Å².